The number of primary amides is 1. The Morgan fingerprint density at radius 3 is 2.86 bits per heavy atom. The summed E-state index contributed by atoms with van der Waals surface area (Å²) in [6, 6.07) is 0. The molecule has 1 atom stereocenters. The van der Waals surface area contributed by atoms with E-state index < -0.39 is 5.91 Å². The maximum atomic E-state index is 12.8. The maximum absolute atomic E-state index is 12.8. The lowest BCUT2D eigenvalue weighted by molar-refractivity contribution is -0.131. The molecule has 1 aliphatic rings. The molecule has 1 unspecified atom stereocenters. The first kappa shape index (κ1) is 19.8. The minimum absolute atomic E-state index is 0.0284. The van der Waals surface area contributed by atoms with Gasteiger partial charge in [-0.25, -0.2) is 9.97 Å². The summed E-state index contributed by atoms with van der Waals surface area (Å²) in [6.07, 6.45) is 5.75. The molecule has 0 aliphatic carbocycles. The molecule has 3 rings (SSSR count). The van der Waals surface area contributed by atoms with E-state index in [4.69, 9.17) is 5.73 Å². The summed E-state index contributed by atoms with van der Waals surface area (Å²) < 4.78 is 1.74. The number of carbonyl (C=O) groups excluding carboxylic acids is 2. The Balaban J connectivity index is 1.73. The Labute approximate surface area is 163 Å². The lowest BCUT2D eigenvalue weighted by atomic mass is 9.96. The molecule has 1 saturated heterocycles. The van der Waals surface area contributed by atoms with Crippen molar-refractivity contribution >= 4 is 11.8 Å². The molecule has 0 saturated carbocycles. The van der Waals surface area contributed by atoms with Crippen molar-refractivity contribution in [2.45, 2.75) is 52.0 Å². The quantitative estimate of drug-likeness (QED) is 0.737. The number of imidazole rings is 1. The molecule has 28 heavy (non-hydrogen) atoms. The van der Waals surface area contributed by atoms with Crippen LogP contribution in [0.25, 0.3) is 0 Å². The summed E-state index contributed by atoms with van der Waals surface area (Å²) in [6.45, 7) is 4.90. The minimum Gasteiger partial charge on any atom is -0.368 e. The SMILES string of the molecule is CCc1nc(C)c(CC(=O)N2CCCC(c3nccn3CC(N)=O)C2)c(=O)[nH]1. The molecule has 150 valence electrons. The second-order valence-corrected chi connectivity index (χ2v) is 7.17. The van der Waals surface area contributed by atoms with Gasteiger partial charge in [-0.2, -0.15) is 0 Å². The van der Waals surface area contributed by atoms with E-state index in [0.29, 0.717) is 36.6 Å². The molecule has 0 radical (unpaired) electrons. The number of hydrogen-bond donors (Lipinski definition) is 2. The van der Waals surface area contributed by atoms with Crippen molar-refractivity contribution in [3.05, 3.63) is 45.7 Å². The van der Waals surface area contributed by atoms with Crippen molar-refractivity contribution in [2.75, 3.05) is 13.1 Å². The number of likely N-dealkylation sites (tertiary alicyclic amines) is 1. The van der Waals surface area contributed by atoms with Gasteiger partial charge < -0.3 is 20.2 Å². The zero-order valence-electron chi connectivity index (χ0n) is 16.3. The van der Waals surface area contributed by atoms with Gasteiger partial charge >= 0.3 is 0 Å². The van der Waals surface area contributed by atoms with E-state index in [0.717, 1.165) is 18.7 Å². The van der Waals surface area contributed by atoms with E-state index in [-0.39, 0.29) is 30.3 Å². The van der Waals surface area contributed by atoms with Gasteiger partial charge in [0.05, 0.1) is 6.42 Å². The number of hydrogen-bond acceptors (Lipinski definition) is 5. The molecule has 0 spiro atoms. The molecule has 3 N–H and O–H groups in total. The average molecular weight is 386 g/mol. The van der Waals surface area contributed by atoms with Crippen molar-refractivity contribution in [3.8, 4) is 0 Å². The van der Waals surface area contributed by atoms with E-state index in [9.17, 15) is 14.4 Å². The highest BCUT2D eigenvalue weighted by Gasteiger charge is 2.28. The highest BCUT2D eigenvalue weighted by molar-refractivity contribution is 5.79. The molecule has 3 heterocycles. The molecular formula is C19H26N6O3. The Kier molecular flexibility index (Phi) is 5.91. The van der Waals surface area contributed by atoms with E-state index >= 15 is 0 Å². The molecule has 9 heteroatoms. The summed E-state index contributed by atoms with van der Waals surface area (Å²) in [5.41, 5.74) is 6.07. The first-order chi connectivity index (χ1) is 13.4. The standard InChI is InChI=1S/C19H26N6O3/c1-3-16-22-12(2)14(19(28)23-16)9-17(27)24-7-4-5-13(10-24)18-21-6-8-25(18)11-15(20)26/h6,8,13H,3-5,7,9-11H2,1-2H3,(H2,20,26)(H,22,23,28). The zero-order chi connectivity index (χ0) is 20.3. The Bertz CT molecular complexity index is 932. The molecule has 9 nitrogen and oxygen atoms in total. The van der Waals surface area contributed by atoms with Crippen LogP contribution in [0, 0.1) is 6.92 Å². The number of rotatable bonds is 6. The van der Waals surface area contributed by atoms with Crippen LogP contribution in [0.5, 0.6) is 0 Å². The molecular weight excluding hydrogens is 360 g/mol. The molecule has 1 fully saturated rings. The number of piperidine rings is 1. The fourth-order valence-corrected chi connectivity index (χ4v) is 3.70. The van der Waals surface area contributed by atoms with E-state index in [1.54, 1.807) is 28.8 Å². The Morgan fingerprint density at radius 2 is 2.18 bits per heavy atom. The van der Waals surface area contributed by atoms with Gasteiger partial charge in [-0.05, 0) is 19.8 Å². The number of aromatic amines is 1. The number of H-pyrrole nitrogens is 1. The van der Waals surface area contributed by atoms with Crippen LogP contribution in [0.4, 0.5) is 0 Å². The third kappa shape index (κ3) is 4.29. The third-order valence-electron chi connectivity index (χ3n) is 5.15. The monoisotopic (exact) mass is 386 g/mol. The van der Waals surface area contributed by atoms with Crippen molar-refractivity contribution in [1.82, 2.24) is 24.4 Å². The van der Waals surface area contributed by atoms with E-state index in [1.807, 2.05) is 6.92 Å². The Hall–Kier alpha value is -2.97. The number of nitrogens with zero attached hydrogens (tertiary/aromatic N) is 4. The van der Waals surface area contributed by atoms with Crippen LogP contribution in [0.15, 0.2) is 17.2 Å². The maximum Gasteiger partial charge on any atom is 0.254 e. The van der Waals surface area contributed by atoms with Crippen molar-refractivity contribution < 1.29 is 9.59 Å². The lowest BCUT2D eigenvalue weighted by Gasteiger charge is -2.32. The lowest BCUT2D eigenvalue weighted by Crippen LogP contribution is -2.41. The molecule has 0 aromatic carbocycles. The van der Waals surface area contributed by atoms with Crippen LogP contribution in [-0.4, -0.2) is 49.3 Å². The predicted molar refractivity (Wildman–Crippen MR) is 103 cm³/mol. The predicted octanol–water partition coefficient (Wildman–Crippen LogP) is 0.271. The van der Waals surface area contributed by atoms with Crippen LogP contribution in [-0.2, 0) is 29.0 Å². The first-order valence-electron chi connectivity index (χ1n) is 9.54. The normalized spacial score (nSPS) is 16.9. The number of amides is 2. The van der Waals surface area contributed by atoms with E-state index in [1.165, 1.54) is 0 Å². The van der Waals surface area contributed by atoms with Gasteiger partial charge in [-0.3, -0.25) is 14.4 Å². The van der Waals surface area contributed by atoms with Gasteiger partial charge in [0.25, 0.3) is 5.56 Å². The summed E-state index contributed by atoms with van der Waals surface area (Å²) in [4.78, 5) is 49.7. The van der Waals surface area contributed by atoms with Gasteiger partial charge in [-0.1, -0.05) is 6.92 Å². The number of aromatic nitrogens is 4. The van der Waals surface area contributed by atoms with E-state index in [2.05, 4.69) is 15.0 Å². The molecule has 2 aromatic heterocycles. The van der Waals surface area contributed by atoms with Crippen LogP contribution in [0.1, 0.15) is 48.6 Å². The Morgan fingerprint density at radius 1 is 1.39 bits per heavy atom. The highest BCUT2D eigenvalue weighted by atomic mass is 16.2. The smallest absolute Gasteiger partial charge is 0.254 e. The molecule has 2 aromatic rings. The minimum atomic E-state index is -0.430. The first-order valence-corrected chi connectivity index (χ1v) is 9.54. The van der Waals surface area contributed by atoms with Crippen LogP contribution in [0.2, 0.25) is 0 Å². The van der Waals surface area contributed by atoms with Crippen molar-refractivity contribution in [3.63, 3.8) is 0 Å². The topological polar surface area (TPSA) is 127 Å². The van der Waals surface area contributed by atoms with Gasteiger partial charge in [0, 0.05) is 49.1 Å². The largest absolute Gasteiger partial charge is 0.368 e. The molecule has 1 aliphatic heterocycles. The third-order valence-corrected chi connectivity index (χ3v) is 5.15. The van der Waals surface area contributed by atoms with Crippen LogP contribution >= 0.6 is 0 Å². The number of nitrogens with two attached hydrogens (primary N) is 1. The molecule has 2 amide bonds. The zero-order valence-corrected chi connectivity index (χ0v) is 16.3. The number of carbonyl (C=O) groups is 2. The second-order valence-electron chi connectivity index (χ2n) is 7.17. The fourth-order valence-electron chi connectivity index (χ4n) is 3.70. The van der Waals surface area contributed by atoms with Crippen molar-refractivity contribution in [2.24, 2.45) is 5.73 Å². The number of nitrogens with one attached hydrogen (secondary N) is 1. The summed E-state index contributed by atoms with van der Waals surface area (Å²) >= 11 is 0. The second kappa shape index (κ2) is 8.37. The average Bonchev–Trinajstić information content (AvgIpc) is 3.11. The number of aryl methyl sites for hydroxylation is 2. The van der Waals surface area contributed by atoms with Gasteiger partial charge in [-0.15, -0.1) is 0 Å². The van der Waals surface area contributed by atoms with Crippen molar-refractivity contribution in [1.29, 1.82) is 0 Å². The van der Waals surface area contributed by atoms with Crippen LogP contribution in [0.3, 0.4) is 0 Å². The summed E-state index contributed by atoms with van der Waals surface area (Å²) in [7, 11) is 0. The van der Waals surface area contributed by atoms with Gasteiger partial charge in [0.15, 0.2) is 0 Å². The van der Waals surface area contributed by atoms with Gasteiger partial charge in [0.1, 0.15) is 18.2 Å². The summed E-state index contributed by atoms with van der Waals surface area (Å²) in [5, 5.41) is 0. The van der Waals surface area contributed by atoms with Crippen LogP contribution < -0.4 is 11.3 Å². The highest BCUT2D eigenvalue weighted by Crippen LogP contribution is 2.26. The summed E-state index contributed by atoms with van der Waals surface area (Å²) in [5.74, 6) is 0.891. The van der Waals surface area contributed by atoms with Gasteiger partial charge in [0.2, 0.25) is 11.8 Å². The molecule has 0 bridgehead atoms. The fraction of sp³-hybridized carbons (Fsp3) is 0.526.